The largest absolute Gasteiger partial charge is 0.355 e. The molecule has 4 rings (SSSR count). The predicted molar refractivity (Wildman–Crippen MR) is 109 cm³/mol. The number of nitrogens with zero attached hydrogens (tertiary/aromatic N) is 3. The molecule has 1 aliphatic heterocycles. The highest BCUT2D eigenvalue weighted by molar-refractivity contribution is 5.93. The summed E-state index contributed by atoms with van der Waals surface area (Å²) in [6.45, 7) is 8.20. The first-order chi connectivity index (χ1) is 13.6. The maximum Gasteiger partial charge on any atom is 0.276 e. The van der Waals surface area contributed by atoms with Crippen LogP contribution in [0.5, 0.6) is 0 Å². The molecule has 0 N–H and O–H groups in total. The second-order valence-corrected chi connectivity index (χ2v) is 7.43. The predicted octanol–water partition coefficient (Wildman–Crippen LogP) is 3.92. The highest BCUT2D eigenvalue weighted by Crippen LogP contribution is 2.23. The van der Waals surface area contributed by atoms with Crippen LogP contribution in [0.1, 0.15) is 27.2 Å². The summed E-state index contributed by atoms with van der Waals surface area (Å²) in [5, 5.41) is 4.03. The zero-order valence-corrected chi connectivity index (χ0v) is 16.4. The summed E-state index contributed by atoms with van der Waals surface area (Å²) in [5.41, 5.74) is 5.05. The second-order valence-electron chi connectivity index (χ2n) is 7.43. The highest BCUT2D eigenvalue weighted by Gasteiger charge is 2.24. The molecule has 0 radical (unpaired) electrons. The third-order valence-electron chi connectivity index (χ3n) is 5.43. The summed E-state index contributed by atoms with van der Waals surface area (Å²) in [6.07, 6.45) is 0. The molecular weight excluding hydrogens is 350 g/mol. The van der Waals surface area contributed by atoms with Gasteiger partial charge in [0.2, 0.25) is 0 Å². The lowest BCUT2D eigenvalue weighted by Crippen LogP contribution is -2.48. The van der Waals surface area contributed by atoms with Crippen LogP contribution in [0, 0.1) is 13.8 Å². The van der Waals surface area contributed by atoms with E-state index in [2.05, 4.69) is 60.3 Å². The van der Waals surface area contributed by atoms with Gasteiger partial charge in [-0.3, -0.25) is 9.69 Å². The lowest BCUT2D eigenvalue weighted by atomic mass is 10.0. The van der Waals surface area contributed by atoms with E-state index < -0.39 is 0 Å². The van der Waals surface area contributed by atoms with Gasteiger partial charge >= 0.3 is 0 Å². The fourth-order valence-corrected chi connectivity index (χ4v) is 3.52. The number of piperazine rings is 1. The zero-order chi connectivity index (χ0) is 19.5. The van der Waals surface area contributed by atoms with Gasteiger partial charge in [0, 0.05) is 44.4 Å². The van der Waals surface area contributed by atoms with Crippen LogP contribution in [0.4, 0.5) is 0 Å². The summed E-state index contributed by atoms with van der Waals surface area (Å²) >= 11 is 0. The van der Waals surface area contributed by atoms with Gasteiger partial charge in [-0.15, -0.1) is 0 Å². The van der Waals surface area contributed by atoms with E-state index in [1.54, 1.807) is 6.07 Å². The molecule has 1 amide bonds. The van der Waals surface area contributed by atoms with Crippen molar-refractivity contribution in [2.24, 2.45) is 0 Å². The van der Waals surface area contributed by atoms with E-state index in [1.165, 1.54) is 16.7 Å². The van der Waals surface area contributed by atoms with Gasteiger partial charge in [-0.05, 0) is 36.6 Å². The summed E-state index contributed by atoms with van der Waals surface area (Å²) in [6, 6.07) is 18.3. The lowest BCUT2D eigenvalue weighted by Gasteiger charge is -2.34. The van der Waals surface area contributed by atoms with E-state index in [1.807, 2.05) is 17.0 Å². The number of aryl methyl sites for hydroxylation is 2. The van der Waals surface area contributed by atoms with Crippen LogP contribution in [0.25, 0.3) is 11.3 Å². The number of carbonyl (C=O) groups excluding carboxylic acids is 1. The summed E-state index contributed by atoms with van der Waals surface area (Å²) in [7, 11) is 0. The summed E-state index contributed by atoms with van der Waals surface area (Å²) < 4.78 is 5.45. The Kier molecular flexibility index (Phi) is 5.26. The van der Waals surface area contributed by atoms with Crippen molar-refractivity contribution in [2.75, 3.05) is 26.2 Å². The van der Waals surface area contributed by atoms with E-state index in [4.69, 9.17) is 4.52 Å². The first kappa shape index (κ1) is 18.4. The Morgan fingerprint density at radius 3 is 2.43 bits per heavy atom. The van der Waals surface area contributed by atoms with E-state index >= 15 is 0 Å². The first-order valence-corrected chi connectivity index (χ1v) is 9.70. The molecular formula is C23H25N3O2. The van der Waals surface area contributed by atoms with Crippen molar-refractivity contribution >= 4 is 5.91 Å². The molecule has 0 saturated carbocycles. The maximum absolute atomic E-state index is 12.8. The van der Waals surface area contributed by atoms with E-state index in [-0.39, 0.29) is 5.91 Å². The maximum atomic E-state index is 12.8. The van der Waals surface area contributed by atoms with Gasteiger partial charge in [0.25, 0.3) is 5.91 Å². The van der Waals surface area contributed by atoms with Crippen LogP contribution in [0.2, 0.25) is 0 Å². The molecule has 1 aliphatic rings. The molecule has 3 aromatic rings. The van der Waals surface area contributed by atoms with Crippen molar-refractivity contribution in [3.05, 3.63) is 77.0 Å². The normalized spacial score (nSPS) is 15.0. The van der Waals surface area contributed by atoms with Crippen LogP contribution < -0.4 is 0 Å². The minimum absolute atomic E-state index is 0.0572. The van der Waals surface area contributed by atoms with Crippen molar-refractivity contribution in [1.82, 2.24) is 15.0 Å². The number of hydrogen-bond donors (Lipinski definition) is 0. The first-order valence-electron chi connectivity index (χ1n) is 9.70. The third kappa shape index (κ3) is 3.99. The number of rotatable bonds is 4. The smallest absolute Gasteiger partial charge is 0.276 e. The molecule has 1 aromatic heterocycles. The minimum atomic E-state index is -0.0572. The Morgan fingerprint density at radius 1 is 0.964 bits per heavy atom. The molecule has 0 spiro atoms. The third-order valence-corrected chi connectivity index (χ3v) is 5.43. The van der Waals surface area contributed by atoms with E-state index in [9.17, 15) is 4.79 Å². The van der Waals surface area contributed by atoms with Gasteiger partial charge in [0.1, 0.15) is 0 Å². The molecule has 5 heteroatoms. The second kappa shape index (κ2) is 7.98. The molecule has 0 aliphatic carbocycles. The van der Waals surface area contributed by atoms with Crippen LogP contribution in [-0.2, 0) is 6.54 Å². The quantitative estimate of drug-likeness (QED) is 0.694. The molecule has 1 fully saturated rings. The van der Waals surface area contributed by atoms with Crippen LogP contribution >= 0.6 is 0 Å². The highest BCUT2D eigenvalue weighted by atomic mass is 16.5. The van der Waals surface area contributed by atoms with Gasteiger partial charge in [0.15, 0.2) is 11.5 Å². The van der Waals surface area contributed by atoms with Crippen molar-refractivity contribution in [3.8, 4) is 11.3 Å². The molecule has 0 bridgehead atoms. The molecule has 0 unspecified atom stereocenters. The molecule has 144 valence electrons. The summed E-state index contributed by atoms with van der Waals surface area (Å²) in [5.74, 6) is 0.576. The number of benzene rings is 2. The average molecular weight is 375 g/mol. The van der Waals surface area contributed by atoms with Crippen LogP contribution in [0.15, 0.2) is 59.1 Å². The Labute approximate surface area is 165 Å². The van der Waals surface area contributed by atoms with Gasteiger partial charge in [-0.25, -0.2) is 0 Å². The molecule has 28 heavy (non-hydrogen) atoms. The lowest BCUT2D eigenvalue weighted by molar-refractivity contribution is 0.0618. The van der Waals surface area contributed by atoms with Gasteiger partial charge in [-0.2, -0.15) is 0 Å². The molecule has 2 aromatic carbocycles. The van der Waals surface area contributed by atoms with Crippen molar-refractivity contribution in [2.45, 2.75) is 20.4 Å². The van der Waals surface area contributed by atoms with E-state index in [0.29, 0.717) is 24.5 Å². The number of hydrogen-bond acceptors (Lipinski definition) is 4. The Hall–Kier alpha value is -2.92. The topological polar surface area (TPSA) is 49.6 Å². The zero-order valence-electron chi connectivity index (χ0n) is 16.4. The standard InChI is InChI=1S/C23H25N3O2/c1-17-8-9-20(14-18(17)2)22-15-21(24-28-22)23(27)26-12-10-25(11-13-26)16-19-6-4-3-5-7-19/h3-9,14-15H,10-13,16H2,1-2H3. The Balaban J connectivity index is 1.38. The van der Waals surface area contributed by atoms with Crippen molar-refractivity contribution in [3.63, 3.8) is 0 Å². The van der Waals surface area contributed by atoms with Crippen LogP contribution in [0.3, 0.4) is 0 Å². The fourth-order valence-electron chi connectivity index (χ4n) is 3.52. The Morgan fingerprint density at radius 2 is 1.71 bits per heavy atom. The van der Waals surface area contributed by atoms with Crippen molar-refractivity contribution in [1.29, 1.82) is 0 Å². The van der Waals surface area contributed by atoms with Gasteiger partial charge in [-0.1, -0.05) is 47.6 Å². The monoisotopic (exact) mass is 375 g/mol. The van der Waals surface area contributed by atoms with Gasteiger partial charge in [0.05, 0.1) is 0 Å². The fraction of sp³-hybridized carbons (Fsp3) is 0.304. The minimum Gasteiger partial charge on any atom is -0.355 e. The average Bonchev–Trinajstić information content (AvgIpc) is 3.21. The molecule has 5 nitrogen and oxygen atoms in total. The van der Waals surface area contributed by atoms with Crippen LogP contribution in [-0.4, -0.2) is 47.0 Å². The number of aromatic nitrogens is 1. The number of carbonyl (C=O) groups is 1. The number of amides is 1. The molecule has 2 heterocycles. The Bertz CT molecular complexity index is 957. The van der Waals surface area contributed by atoms with E-state index in [0.717, 1.165) is 25.2 Å². The van der Waals surface area contributed by atoms with Crippen molar-refractivity contribution < 1.29 is 9.32 Å². The van der Waals surface area contributed by atoms with Gasteiger partial charge < -0.3 is 9.42 Å². The summed E-state index contributed by atoms with van der Waals surface area (Å²) in [4.78, 5) is 17.1. The molecule has 0 atom stereocenters. The molecule has 1 saturated heterocycles. The SMILES string of the molecule is Cc1ccc(-c2cc(C(=O)N3CCN(Cc4ccccc4)CC3)no2)cc1C.